The van der Waals surface area contributed by atoms with Gasteiger partial charge in [0.2, 0.25) is 0 Å². The Morgan fingerprint density at radius 2 is 2.33 bits per heavy atom. The van der Waals surface area contributed by atoms with Crippen molar-refractivity contribution in [3.05, 3.63) is 0 Å². The third-order valence-electron chi connectivity index (χ3n) is 1.14. The Labute approximate surface area is 54.3 Å². The summed E-state index contributed by atoms with van der Waals surface area (Å²) < 4.78 is 0. The van der Waals surface area contributed by atoms with Gasteiger partial charge in [0, 0.05) is 0 Å². The van der Waals surface area contributed by atoms with Crippen molar-refractivity contribution in [1.29, 1.82) is 0 Å². The average molecular weight is 131 g/mol. The summed E-state index contributed by atoms with van der Waals surface area (Å²) in [5.74, 6) is 0. The Bertz CT molecular complexity index is 83.0. The second-order valence-corrected chi connectivity index (χ2v) is 1.92. The SMILES string of the molecule is CCNC1NNC(N)N1. The lowest BCUT2D eigenvalue weighted by molar-refractivity contribution is 0.437. The quantitative estimate of drug-likeness (QED) is 0.295. The lowest BCUT2D eigenvalue weighted by Gasteiger charge is -2.09. The van der Waals surface area contributed by atoms with Gasteiger partial charge in [-0.15, -0.1) is 0 Å². The van der Waals surface area contributed by atoms with Gasteiger partial charge in [-0.25, -0.2) is 10.9 Å². The molecule has 0 aromatic heterocycles. The molecule has 1 rings (SSSR count). The van der Waals surface area contributed by atoms with E-state index in [9.17, 15) is 0 Å². The molecular formula is C4H13N5. The van der Waals surface area contributed by atoms with Gasteiger partial charge in [-0.1, -0.05) is 6.92 Å². The molecular weight excluding hydrogens is 118 g/mol. The van der Waals surface area contributed by atoms with Gasteiger partial charge >= 0.3 is 0 Å². The number of nitrogens with two attached hydrogens (primary N) is 1. The van der Waals surface area contributed by atoms with Crippen LogP contribution >= 0.6 is 0 Å². The van der Waals surface area contributed by atoms with E-state index in [-0.39, 0.29) is 12.6 Å². The molecule has 2 atom stereocenters. The molecule has 2 unspecified atom stereocenters. The van der Waals surface area contributed by atoms with Crippen LogP contribution in [0.3, 0.4) is 0 Å². The predicted molar refractivity (Wildman–Crippen MR) is 34.8 cm³/mol. The van der Waals surface area contributed by atoms with E-state index >= 15 is 0 Å². The highest BCUT2D eigenvalue weighted by molar-refractivity contribution is 4.68. The zero-order valence-corrected chi connectivity index (χ0v) is 5.44. The molecule has 5 heteroatoms. The first-order valence-electron chi connectivity index (χ1n) is 3.09. The third-order valence-corrected chi connectivity index (χ3v) is 1.14. The maximum Gasteiger partial charge on any atom is 0.126 e. The van der Waals surface area contributed by atoms with Crippen LogP contribution < -0.4 is 27.2 Å². The van der Waals surface area contributed by atoms with Gasteiger partial charge in [-0.3, -0.25) is 10.6 Å². The summed E-state index contributed by atoms with van der Waals surface area (Å²) in [4.78, 5) is 0. The fraction of sp³-hybridized carbons (Fsp3) is 1.00. The van der Waals surface area contributed by atoms with Crippen LogP contribution in [0.2, 0.25) is 0 Å². The second-order valence-electron chi connectivity index (χ2n) is 1.92. The summed E-state index contributed by atoms with van der Waals surface area (Å²) in [5, 5.41) is 6.11. The Morgan fingerprint density at radius 3 is 2.78 bits per heavy atom. The van der Waals surface area contributed by atoms with Gasteiger partial charge in [0.25, 0.3) is 0 Å². The van der Waals surface area contributed by atoms with E-state index in [0.29, 0.717) is 0 Å². The summed E-state index contributed by atoms with van der Waals surface area (Å²) in [6.45, 7) is 2.95. The summed E-state index contributed by atoms with van der Waals surface area (Å²) in [7, 11) is 0. The monoisotopic (exact) mass is 131 g/mol. The van der Waals surface area contributed by atoms with E-state index in [1.165, 1.54) is 0 Å². The number of hydrogen-bond acceptors (Lipinski definition) is 5. The summed E-state index contributed by atoms with van der Waals surface area (Å²) in [6, 6.07) is 0. The molecule has 0 aromatic carbocycles. The molecule has 0 aliphatic carbocycles. The van der Waals surface area contributed by atoms with Crippen LogP contribution in [0.1, 0.15) is 6.92 Å². The average Bonchev–Trinajstić information content (AvgIpc) is 2.17. The van der Waals surface area contributed by atoms with E-state index in [2.05, 4.69) is 21.5 Å². The van der Waals surface area contributed by atoms with E-state index in [4.69, 9.17) is 5.73 Å². The van der Waals surface area contributed by atoms with Crippen molar-refractivity contribution in [2.45, 2.75) is 19.5 Å². The molecule has 54 valence electrons. The molecule has 5 nitrogen and oxygen atoms in total. The Morgan fingerprint density at radius 1 is 1.56 bits per heavy atom. The molecule has 0 radical (unpaired) electrons. The molecule has 0 spiro atoms. The van der Waals surface area contributed by atoms with E-state index in [0.717, 1.165) is 6.54 Å². The van der Waals surface area contributed by atoms with Crippen molar-refractivity contribution in [2.24, 2.45) is 5.73 Å². The standard InChI is InChI=1S/C4H13N5/c1-2-6-4-7-3(5)8-9-4/h3-4,6-9H,2,5H2,1H3. The van der Waals surface area contributed by atoms with Crippen molar-refractivity contribution in [3.8, 4) is 0 Å². The van der Waals surface area contributed by atoms with E-state index in [1.54, 1.807) is 0 Å². The highest BCUT2D eigenvalue weighted by Crippen LogP contribution is 1.77. The minimum atomic E-state index is -0.144. The highest BCUT2D eigenvalue weighted by Gasteiger charge is 2.16. The highest BCUT2D eigenvalue weighted by atomic mass is 15.6. The van der Waals surface area contributed by atoms with Gasteiger partial charge in [0.05, 0.1) is 0 Å². The van der Waals surface area contributed by atoms with Crippen LogP contribution in [-0.2, 0) is 0 Å². The van der Waals surface area contributed by atoms with Crippen LogP contribution in [0.25, 0.3) is 0 Å². The molecule has 0 bridgehead atoms. The zero-order valence-electron chi connectivity index (χ0n) is 5.44. The minimum Gasteiger partial charge on any atom is -0.302 e. The minimum absolute atomic E-state index is 0.102. The molecule has 0 saturated carbocycles. The topological polar surface area (TPSA) is 74.1 Å². The van der Waals surface area contributed by atoms with Crippen LogP contribution in [-0.4, -0.2) is 19.1 Å². The summed E-state index contributed by atoms with van der Waals surface area (Å²) in [5.41, 5.74) is 11.1. The summed E-state index contributed by atoms with van der Waals surface area (Å²) >= 11 is 0. The molecule has 1 heterocycles. The Balaban J connectivity index is 2.14. The molecule has 1 fully saturated rings. The first-order chi connectivity index (χ1) is 4.33. The molecule has 9 heavy (non-hydrogen) atoms. The molecule has 1 aliphatic heterocycles. The maximum atomic E-state index is 5.43. The lowest BCUT2D eigenvalue weighted by atomic mass is 10.7. The lowest BCUT2D eigenvalue weighted by Crippen LogP contribution is -2.47. The van der Waals surface area contributed by atoms with Crippen molar-refractivity contribution >= 4 is 0 Å². The van der Waals surface area contributed by atoms with Gasteiger partial charge < -0.3 is 5.73 Å². The molecule has 0 aromatic rings. The van der Waals surface area contributed by atoms with Gasteiger partial charge in [-0.2, -0.15) is 0 Å². The normalized spacial score (nSPS) is 35.3. The fourth-order valence-corrected chi connectivity index (χ4v) is 0.750. The zero-order chi connectivity index (χ0) is 6.69. The van der Waals surface area contributed by atoms with Crippen LogP contribution in [0.5, 0.6) is 0 Å². The smallest absolute Gasteiger partial charge is 0.126 e. The molecule has 1 aliphatic rings. The molecule has 6 N–H and O–H groups in total. The van der Waals surface area contributed by atoms with Crippen molar-refractivity contribution in [2.75, 3.05) is 6.54 Å². The number of hydrogen-bond donors (Lipinski definition) is 5. The number of rotatable bonds is 2. The van der Waals surface area contributed by atoms with E-state index in [1.807, 2.05) is 6.92 Å². The van der Waals surface area contributed by atoms with Gasteiger partial charge in [0.1, 0.15) is 12.6 Å². The van der Waals surface area contributed by atoms with E-state index < -0.39 is 0 Å². The third kappa shape index (κ3) is 1.88. The number of nitrogens with one attached hydrogen (secondary N) is 4. The predicted octanol–water partition coefficient (Wildman–Crippen LogP) is -2.18. The molecule has 1 saturated heterocycles. The second kappa shape index (κ2) is 3.09. The van der Waals surface area contributed by atoms with Gasteiger partial charge in [0.15, 0.2) is 0 Å². The maximum absolute atomic E-state index is 5.43. The van der Waals surface area contributed by atoms with Crippen LogP contribution in [0.4, 0.5) is 0 Å². The number of hydrazine groups is 1. The first kappa shape index (κ1) is 6.91. The van der Waals surface area contributed by atoms with Gasteiger partial charge in [-0.05, 0) is 6.54 Å². The van der Waals surface area contributed by atoms with Crippen molar-refractivity contribution in [3.63, 3.8) is 0 Å². The first-order valence-corrected chi connectivity index (χ1v) is 3.09. The van der Waals surface area contributed by atoms with Crippen molar-refractivity contribution < 1.29 is 0 Å². The fourth-order valence-electron chi connectivity index (χ4n) is 0.750. The molecule has 0 amide bonds. The summed E-state index contributed by atoms with van der Waals surface area (Å²) in [6.07, 6.45) is -0.0425. The van der Waals surface area contributed by atoms with Crippen LogP contribution in [0.15, 0.2) is 0 Å². The van der Waals surface area contributed by atoms with Crippen LogP contribution in [0, 0.1) is 0 Å². The Hall–Kier alpha value is -0.200. The Kier molecular flexibility index (Phi) is 2.38. The largest absolute Gasteiger partial charge is 0.302 e. The van der Waals surface area contributed by atoms with Crippen molar-refractivity contribution in [1.82, 2.24) is 21.5 Å².